The highest BCUT2D eigenvalue weighted by Gasteiger charge is 2.17. The molecule has 0 fully saturated rings. The number of aromatic nitrogens is 2. The number of nitrogens with zero attached hydrogens (tertiary/aromatic N) is 4. The first-order valence-corrected chi connectivity index (χ1v) is 11.5. The number of hydrogen-bond acceptors (Lipinski definition) is 8. The van der Waals surface area contributed by atoms with E-state index in [1.807, 2.05) is 23.7 Å². The molecule has 12 heteroatoms. The maximum atomic E-state index is 13.4. The van der Waals surface area contributed by atoms with Gasteiger partial charge in [-0.1, -0.05) is 18.2 Å². The van der Waals surface area contributed by atoms with Crippen LogP contribution in [0.2, 0.25) is 0 Å². The van der Waals surface area contributed by atoms with Crippen molar-refractivity contribution in [2.75, 3.05) is 23.9 Å². The molecule has 0 aliphatic heterocycles. The summed E-state index contributed by atoms with van der Waals surface area (Å²) >= 11 is 3.08. The number of halogens is 2. The fourth-order valence-corrected chi connectivity index (χ4v) is 3.90. The Morgan fingerprint density at radius 1 is 1.23 bits per heavy atom. The molecule has 1 unspecified atom stereocenters. The highest BCUT2D eigenvalue weighted by atomic mass is 79.9. The molecular formula is C18H18BrFN6O3S. The summed E-state index contributed by atoms with van der Waals surface area (Å²) in [6.45, 7) is 0.258. The van der Waals surface area contributed by atoms with Gasteiger partial charge in [-0.05, 0) is 56.6 Å². The van der Waals surface area contributed by atoms with Gasteiger partial charge in [-0.15, -0.1) is 0 Å². The monoisotopic (exact) mass is 496 g/mol. The van der Waals surface area contributed by atoms with Crippen LogP contribution in [0.4, 0.5) is 21.6 Å². The summed E-state index contributed by atoms with van der Waals surface area (Å²) in [5.74, 6) is -0.0881. The average molecular weight is 497 g/mol. The maximum Gasteiger partial charge on any atom is 0.202 e. The molecule has 9 nitrogen and oxygen atoms in total. The van der Waals surface area contributed by atoms with Crippen LogP contribution in [-0.2, 0) is 9.73 Å². The minimum atomic E-state index is -2.49. The van der Waals surface area contributed by atoms with Gasteiger partial charge >= 0.3 is 0 Å². The molecule has 0 amide bonds. The SMILES string of the molecule is CS(=O)(CCNc1nonc1C(=Nc1ccc(F)c(Br)c1)NO)=Nc1ccccc1. The Morgan fingerprint density at radius 2 is 2.00 bits per heavy atom. The lowest BCUT2D eigenvalue weighted by Gasteiger charge is -2.07. The molecule has 0 bridgehead atoms. The molecule has 1 aromatic heterocycles. The van der Waals surface area contributed by atoms with Gasteiger partial charge < -0.3 is 5.32 Å². The molecule has 158 valence electrons. The number of anilines is 1. The summed E-state index contributed by atoms with van der Waals surface area (Å²) in [4.78, 5) is 4.18. The first kappa shape index (κ1) is 21.9. The third kappa shape index (κ3) is 5.84. The molecule has 3 N–H and O–H groups in total. The number of nitrogens with one attached hydrogen (secondary N) is 2. The van der Waals surface area contributed by atoms with Crippen molar-refractivity contribution in [1.82, 2.24) is 15.8 Å². The van der Waals surface area contributed by atoms with Crippen LogP contribution in [0, 0.1) is 5.82 Å². The topological polar surface area (TPSA) is 125 Å². The van der Waals surface area contributed by atoms with E-state index in [2.05, 4.69) is 40.9 Å². The summed E-state index contributed by atoms with van der Waals surface area (Å²) in [6.07, 6.45) is 1.57. The number of amidine groups is 1. The molecule has 1 heterocycles. The fraction of sp³-hybridized carbons (Fsp3) is 0.167. The predicted molar refractivity (Wildman–Crippen MR) is 115 cm³/mol. The lowest BCUT2D eigenvalue weighted by molar-refractivity contribution is 0.234. The maximum absolute atomic E-state index is 13.4. The summed E-state index contributed by atoms with van der Waals surface area (Å²) < 4.78 is 35.3. The molecule has 3 aromatic rings. The Bertz CT molecular complexity index is 1160. The van der Waals surface area contributed by atoms with Crippen LogP contribution in [-0.4, -0.2) is 44.1 Å². The Labute approximate surface area is 180 Å². The second kappa shape index (κ2) is 9.78. The van der Waals surface area contributed by atoms with E-state index < -0.39 is 15.5 Å². The van der Waals surface area contributed by atoms with E-state index in [4.69, 9.17) is 4.63 Å². The van der Waals surface area contributed by atoms with E-state index >= 15 is 0 Å². The molecular weight excluding hydrogens is 479 g/mol. The second-order valence-electron chi connectivity index (χ2n) is 6.15. The number of benzene rings is 2. The van der Waals surface area contributed by atoms with Crippen molar-refractivity contribution < 1.29 is 18.4 Å². The highest BCUT2D eigenvalue weighted by Crippen LogP contribution is 2.23. The Hall–Kier alpha value is -2.83. The van der Waals surface area contributed by atoms with Crippen molar-refractivity contribution in [1.29, 1.82) is 0 Å². The molecule has 1 atom stereocenters. The van der Waals surface area contributed by atoms with Crippen molar-refractivity contribution in [3.05, 3.63) is 64.5 Å². The van der Waals surface area contributed by atoms with Gasteiger partial charge in [0.15, 0.2) is 11.5 Å². The van der Waals surface area contributed by atoms with Gasteiger partial charge in [-0.2, -0.15) is 4.36 Å². The minimum absolute atomic E-state index is 0.0662. The first-order valence-electron chi connectivity index (χ1n) is 8.63. The van der Waals surface area contributed by atoms with Crippen LogP contribution in [0.1, 0.15) is 5.69 Å². The molecule has 30 heavy (non-hydrogen) atoms. The highest BCUT2D eigenvalue weighted by molar-refractivity contribution is 9.10. The third-order valence-electron chi connectivity index (χ3n) is 3.79. The van der Waals surface area contributed by atoms with Crippen LogP contribution in [0.25, 0.3) is 0 Å². The molecule has 0 spiro atoms. The van der Waals surface area contributed by atoms with Crippen LogP contribution < -0.4 is 10.8 Å². The number of rotatable bonds is 7. The normalized spacial score (nSPS) is 13.5. The lowest BCUT2D eigenvalue weighted by atomic mass is 10.3. The van der Waals surface area contributed by atoms with Gasteiger partial charge in [0.05, 0.1) is 25.6 Å². The zero-order chi connectivity index (χ0) is 21.6. The largest absolute Gasteiger partial charge is 0.364 e. The summed E-state index contributed by atoms with van der Waals surface area (Å²) in [7, 11) is -2.49. The molecule has 0 aliphatic rings. The smallest absolute Gasteiger partial charge is 0.202 e. The zero-order valence-electron chi connectivity index (χ0n) is 15.7. The quantitative estimate of drug-likeness (QED) is 0.257. The standard InChI is InChI=1S/C18H18BrFN6O3S/c1-30(28,26-12-5-3-2-4-6-12)10-9-21-17-16(24-29-25-17)18(23-27)22-13-7-8-15(20)14(19)11-13/h2-8,11,27H,9-10H2,1H3,(H,21,25)(H,22,23). The molecule has 0 aliphatic carbocycles. The summed E-state index contributed by atoms with van der Waals surface area (Å²) in [5, 5.41) is 19.9. The van der Waals surface area contributed by atoms with Crippen molar-refractivity contribution in [2.45, 2.75) is 0 Å². The molecule has 0 saturated carbocycles. The van der Waals surface area contributed by atoms with Crippen LogP contribution in [0.15, 0.2) is 67.0 Å². The lowest BCUT2D eigenvalue weighted by Crippen LogP contribution is -2.23. The minimum Gasteiger partial charge on any atom is -0.364 e. The zero-order valence-corrected chi connectivity index (χ0v) is 18.2. The van der Waals surface area contributed by atoms with Gasteiger partial charge in [0, 0.05) is 18.6 Å². The Kier molecular flexibility index (Phi) is 7.13. The first-order chi connectivity index (χ1) is 14.4. The summed E-state index contributed by atoms with van der Waals surface area (Å²) in [6, 6.07) is 13.1. The van der Waals surface area contributed by atoms with Gasteiger partial charge in [0.1, 0.15) is 5.82 Å². The van der Waals surface area contributed by atoms with Crippen molar-refractivity contribution in [3.63, 3.8) is 0 Å². The number of hydroxylamine groups is 1. The molecule has 0 radical (unpaired) electrons. The number of hydrogen-bond donors (Lipinski definition) is 3. The van der Waals surface area contributed by atoms with Crippen LogP contribution in [0.3, 0.4) is 0 Å². The Morgan fingerprint density at radius 3 is 2.70 bits per heavy atom. The second-order valence-corrected chi connectivity index (χ2v) is 9.51. The molecule has 2 aromatic carbocycles. The van der Waals surface area contributed by atoms with Crippen molar-refractivity contribution in [2.24, 2.45) is 9.36 Å². The van der Waals surface area contributed by atoms with Gasteiger partial charge in [-0.25, -0.2) is 18.2 Å². The van der Waals surface area contributed by atoms with E-state index in [0.717, 1.165) is 0 Å². The van der Waals surface area contributed by atoms with Gasteiger partial charge in [0.25, 0.3) is 0 Å². The van der Waals surface area contributed by atoms with Gasteiger partial charge in [0.2, 0.25) is 5.82 Å². The van der Waals surface area contributed by atoms with Crippen LogP contribution >= 0.6 is 15.9 Å². The van der Waals surface area contributed by atoms with Crippen molar-refractivity contribution >= 4 is 48.7 Å². The summed E-state index contributed by atoms with van der Waals surface area (Å²) in [5.41, 5.74) is 3.02. The average Bonchev–Trinajstić information content (AvgIpc) is 3.17. The molecule has 0 saturated heterocycles. The van der Waals surface area contributed by atoms with E-state index in [-0.39, 0.29) is 34.1 Å². The molecule has 3 rings (SSSR count). The van der Waals surface area contributed by atoms with Crippen LogP contribution in [0.5, 0.6) is 0 Å². The van der Waals surface area contributed by atoms with Gasteiger partial charge in [-0.3, -0.25) is 10.7 Å². The van der Waals surface area contributed by atoms with E-state index in [1.165, 1.54) is 18.2 Å². The van der Waals surface area contributed by atoms with E-state index in [0.29, 0.717) is 11.4 Å². The Balaban J connectivity index is 1.73. The van der Waals surface area contributed by atoms with Crippen molar-refractivity contribution in [3.8, 4) is 0 Å². The number of aliphatic imine (C=N–C) groups is 1. The fourth-order valence-electron chi connectivity index (χ4n) is 2.39. The third-order valence-corrected chi connectivity index (χ3v) is 5.96. The van der Waals surface area contributed by atoms with E-state index in [9.17, 15) is 13.8 Å². The predicted octanol–water partition coefficient (Wildman–Crippen LogP) is 3.87. The van der Waals surface area contributed by atoms with E-state index in [1.54, 1.807) is 18.4 Å².